The molecule has 3 N–H and O–H groups in total. The lowest BCUT2D eigenvalue weighted by atomic mass is 10.3. The number of rotatable bonds is 2. The van der Waals surface area contributed by atoms with E-state index in [0.717, 1.165) is 17.1 Å². The Balaban J connectivity index is 2.21. The van der Waals surface area contributed by atoms with Gasteiger partial charge in [-0.3, -0.25) is 5.41 Å². The zero-order chi connectivity index (χ0) is 10.7. The Hall–Kier alpha value is -2.10. The lowest BCUT2D eigenvalue weighted by molar-refractivity contribution is 1.30. The third-order valence-electron chi connectivity index (χ3n) is 2.12. The highest BCUT2D eigenvalue weighted by Crippen LogP contribution is 2.01. The fourth-order valence-electron chi connectivity index (χ4n) is 1.32. The number of hydrogen-bond acceptors (Lipinski definition) is 1. The van der Waals surface area contributed by atoms with Crippen molar-refractivity contribution >= 4 is 11.5 Å². The molecule has 0 saturated heterocycles. The minimum atomic E-state index is 0.243. The van der Waals surface area contributed by atoms with Crippen LogP contribution in [0.1, 0.15) is 18.3 Å². The summed E-state index contributed by atoms with van der Waals surface area (Å²) in [6.45, 7) is 1.88. The first kappa shape index (κ1) is 9.45. The molecular formula is C11H12N4. The maximum absolute atomic E-state index is 7.75. The lowest BCUT2D eigenvalue weighted by Gasteiger charge is -1.98. The van der Waals surface area contributed by atoms with Crippen LogP contribution in [0.5, 0.6) is 0 Å². The van der Waals surface area contributed by atoms with Gasteiger partial charge in [0.15, 0.2) is 5.84 Å². The molecule has 15 heavy (non-hydrogen) atoms. The first-order valence-electron chi connectivity index (χ1n) is 4.69. The number of nitrogens with one attached hydrogen (secondary N) is 3. The Bertz CT molecular complexity index is 463. The maximum atomic E-state index is 7.75. The second-order valence-corrected chi connectivity index (χ2v) is 3.21. The van der Waals surface area contributed by atoms with Crippen molar-refractivity contribution in [2.24, 2.45) is 4.99 Å². The van der Waals surface area contributed by atoms with E-state index in [-0.39, 0.29) is 5.84 Å². The molecule has 0 aromatic carbocycles. The minimum absolute atomic E-state index is 0.243. The number of amidine groups is 1. The maximum Gasteiger partial charge on any atom is 0.168 e. The Morgan fingerprint density at radius 2 is 1.73 bits per heavy atom. The van der Waals surface area contributed by atoms with Gasteiger partial charge in [-0.15, -0.1) is 0 Å². The van der Waals surface area contributed by atoms with Gasteiger partial charge in [-0.1, -0.05) is 0 Å². The van der Waals surface area contributed by atoms with E-state index < -0.39 is 0 Å². The first-order valence-corrected chi connectivity index (χ1v) is 4.69. The summed E-state index contributed by atoms with van der Waals surface area (Å²) in [5.74, 6) is 0.243. The van der Waals surface area contributed by atoms with Crippen molar-refractivity contribution in [3.63, 3.8) is 0 Å². The van der Waals surface area contributed by atoms with Crippen molar-refractivity contribution in [2.75, 3.05) is 0 Å². The van der Waals surface area contributed by atoms with Crippen LogP contribution in [0.15, 0.2) is 41.7 Å². The minimum Gasteiger partial charge on any atom is -0.360 e. The van der Waals surface area contributed by atoms with Crippen LogP contribution in [0.2, 0.25) is 0 Å². The molecule has 0 bridgehead atoms. The third-order valence-corrected chi connectivity index (χ3v) is 2.12. The molecule has 0 fully saturated rings. The Labute approximate surface area is 87.6 Å². The van der Waals surface area contributed by atoms with E-state index in [4.69, 9.17) is 5.41 Å². The summed E-state index contributed by atoms with van der Waals surface area (Å²) in [5, 5.41) is 7.75. The summed E-state index contributed by atoms with van der Waals surface area (Å²) in [6.07, 6.45) is 3.62. The van der Waals surface area contributed by atoms with Crippen LogP contribution in [0.25, 0.3) is 0 Å². The van der Waals surface area contributed by atoms with Crippen LogP contribution in [-0.4, -0.2) is 21.5 Å². The summed E-state index contributed by atoms with van der Waals surface area (Å²) < 4.78 is 0. The Morgan fingerprint density at radius 3 is 2.27 bits per heavy atom. The van der Waals surface area contributed by atoms with Crippen LogP contribution >= 0.6 is 0 Å². The molecule has 2 aromatic rings. The number of hydrogen-bond donors (Lipinski definition) is 3. The molecule has 4 nitrogen and oxygen atoms in total. The molecule has 0 atom stereocenters. The lowest BCUT2D eigenvalue weighted by Crippen LogP contribution is -2.02. The van der Waals surface area contributed by atoms with Crippen molar-refractivity contribution in [3.8, 4) is 0 Å². The Morgan fingerprint density at radius 1 is 1.13 bits per heavy atom. The molecule has 0 saturated carbocycles. The van der Waals surface area contributed by atoms with E-state index in [1.165, 1.54) is 0 Å². The third kappa shape index (κ3) is 2.04. The van der Waals surface area contributed by atoms with Crippen LogP contribution in [0, 0.1) is 5.41 Å². The molecule has 0 aliphatic carbocycles. The van der Waals surface area contributed by atoms with Crippen LogP contribution < -0.4 is 0 Å². The monoisotopic (exact) mass is 200 g/mol. The molecule has 0 spiro atoms. The molecule has 76 valence electrons. The average molecular weight is 200 g/mol. The normalized spacial score (nSPS) is 11.7. The van der Waals surface area contributed by atoms with E-state index >= 15 is 0 Å². The fraction of sp³-hybridized carbons (Fsp3) is 0.0909. The van der Waals surface area contributed by atoms with Gasteiger partial charge in [-0.05, 0) is 31.2 Å². The molecule has 0 aliphatic heterocycles. The van der Waals surface area contributed by atoms with Gasteiger partial charge in [0, 0.05) is 12.4 Å². The van der Waals surface area contributed by atoms with E-state index in [2.05, 4.69) is 15.0 Å². The zero-order valence-electron chi connectivity index (χ0n) is 8.41. The van der Waals surface area contributed by atoms with Crippen molar-refractivity contribution in [1.29, 1.82) is 5.41 Å². The smallest absolute Gasteiger partial charge is 0.168 e. The molecule has 2 rings (SSSR count). The summed E-state index contributed by atoms with van der Waals surface area (Å²) in [7, 11) is 0. The van der Waals surface area contributed by atoms with Crippen molar-refractivity contribution in [1.82, 2.24) is 9.97 Å². The number of aromatic nitrogens is 2. The van der Waals surface area contributed by atoms with E-state index in [0.29, 0.717) is 0 Å². The number of nitrogens with zero attached hydrogens (tertiary/aromatic N) is 1. The summed E-state index contributed by atoms with van der Waals surface area (Å²) in [5.41, 5.74) is 2.46. The average Bonchev–Trinajstić information content (AvgIpc) is 2.91. The fourth-order valence-corrected chi connectivity index (χ4v) is 1.32. The topological polar surface area (TPSA) is 67.8 Å². The van der Waals surface area contributed by atoms with Crippen molar-refractivity contribution < 1.29 is 0 Å². The van der Waals surface area contributed by atoms with Gasteiger partial charge in [0.05, 0.1) is 17.1 Å². The quantitative estimate of drug-likeness (QED) is 0.491. The molecule has 2 heterocycles. The molecule has 0 aliphatic rings. The van der Waals surface area contributed by atoms with Crippen LogP contribution in [0.4, 0.5) is 0 Å². The van der Waals surface area contributed by atoms with E-state index in [1.54, 1.807) is 6.20 Å². The van der Waals surface area contributed by atoms with Gasteiger partial charge in [0.25, 0.3) is 0 Å². The predicted octanol–water partition coefficient (Wildman–Crippen LogP) is 2.18. The first-order chi connectivity index (χ1) is 7.27. The van der Waals surface area contributed by atoms with Crippen molar-refractivity contribution in [3.05, 3.63) is 48.0 Å². The highest BCUT2D eigenvalue weighted by Gasteiger charge is 2.02. The summed E-state index contributed by atoms with van der Waals surface area (Å²) in [4.78, 5) is 10.2. The highest BCUT2D eigenvalue weighted by atomic mass is 14.9. The number of H-pyrrole nitrogens is 2. The van der Waals surface area contributed by atoms with Gasteiger partial charge in [0.1, 0.15) is 0 Å². The Kier molecular flexibility index (Phi) is 2.49. The van der Waals surface area contributed by atoms with E-state index in [9.17, 15) is 0 Å². The van der Waals surface area contributed by atoms with E-state index in [1.807, 2.05) is 37.4 Å². The molecule has 0 amide bonds. The largest absolute Gasteiger partial charge is 0.360 e. The molecule has 2 aromatic heterocycles. The zero-order valence-corrected chi connectivity index (χ0v) is 8.41. The van der Waals surface area contributed by atoms with Gasteiger partial charge in [0.2, 0.25) is 0 Å². The highest BCUT2D eigenvalue weighted by molar-refractivity contribution is 6.08. The second-order valence-electron chi connectivity index (χ2n) is 3.21. The number of aromatic amines is 2. The SMILES string of the molecule is C/C(=N\C(=N)c1ccc[nH]1)c1ccc[nH]1. The molecule has 0 unspecified atom stereocenters. The van der Waals surface area contributed by atoms with Crippen molar-refractivity contribution in [2.45, 2.75) is 6.92 Å². The van der Waals surface area contributed by atoms with Crippen LogP contribution in [0.3, 0.4) is 0 Å². The molecule has 4 heteroatoms. The molecule has 0 radical (unpaired) electrons. The standard InChI is InChI=1S/C11H12N4/c1-8(9-4-2-6-13-9)15-11(12)10-5-3-7-14-10/h2-7,12-14H,1H3/b12-11?,15-8+. The predicted molar refractivity (Wildman–Crippen MR) is 60.6 cm³/mol. The summed E-state index contributed by atoms with van der Waals surface area (Å²) in [6, 6.07) is 7.52. The summed E-state index contributed by atoms with van der Waals surface area (Å²) >= 11 is 0. The van der Waals surface area contributed by atoms with Gasteiger partial charge >= 0.3 is 0 Å². The van der Waals surface area contributed by atoms with Gasteiger partial charge in [-0.25, -0.2) is 4.99 Å². The van der Waals surface area contributed by atoms with Crippen LogP contribution in [-0.2, 0) is 0 Å². The number of aliphatic imine (C=N–C) groups is 1. The molecular weight excluding hydrogens is 188 g/mol. The van der Waals surface area contributed by atoms with Gasteiger partial charge in [-0.2, -0.15) is 0 Å². The van der Waals surface area contributed by atoms with Gasteiger partial charge < -0.3 is 9.97 Å². The second kappa shape index (κ2) is 3.96.